The van der Waals surface area contributed by atoms with Crippen molar-refractivity contribution in [2.75, 3.05) is 13.1 Å². The van der Waals surface area contributed by atoms with Crippen molar-refractivity contribution in [3.63, 3.8) is 0 Å². The van der Waals surface area contributed by atoms with E-state index >= 15 is 0 Å². The molecule has 0 aromatic rings. The second-order valence-corrected chi connectivity index (χ2v) is 7.36. The van der Waals surface area contributed by atoms with Crippen LogP contribution in [0.5, 0.6) is 0 Å². The summed E-state index contributed by atoms with van der Waals surface area (Å²) in [5.74, 6) is 2.34. The van der Waals surface area contributed by atoms with Crippen LogP contribution in [-0.2, 0) is 4.79 Å². The van der Waals surface area contributed by atoms with Gasteiger partial charge in [-0.25, -0.2) is 0 Å². The number of nitrogens with one attached hydrogen (secondary N) is 1. The first-order valence-corrected chi connectivity index (χ1v) is 9.40. The van der Waals surface area contributed by atoms with E-state index in [1.807, 2.05) is 0 Å². The third kappa shape index (κ3) is 12.2. The number of rotatable bonds is 15. The van der Waals surface area contributed by atoms with Gasteiger partial charge in [-0.05, 0) is 56.5 Å². The lowest BCUT2D eigenvalue weighted by atomic mass is 9.87. The van der Waals surface area contributed by atoms with Crippen molar-refractivity contribution >= 4 is 6.29 Å². The van der Waals surface area contributed by atoms with Crippen LogP contribution in [0.25, 0.3) is 0 Å². The first-order valence-electron chi connectivity index (χ1n) is 9.40. The number of aldehydes is 1. The number of carbonyl (C=O) groups excluding carboxylic acids is 1. The van der Waals surface area contributed by atoms with Crippen molar-refractivity contribution in [3.8, 4) is 0 Å². The fourth-order valence-electron chi connectivity index (χ4n) is 3.41. The van der Waals surface area contributed by atoms with Crippen LogP contribution >= 0.6 is 0 Å². The molecule has 132 valence electrons. The molecule has 0 aliphatic heterocycles. The van der Waals surface area contributed by atoms with Gasteiger partial charge in [0.1, 0.15) is 6.29 Å². The predicted octanol–water partition coefficient (Wildman–Crippen LogP) is 4.15. The molecule has 0 radical (unpaired) electrons. The third-order valence-corrected chi connectivity index (χ3v) is 4.56. The summed E-state index contributed by atoms with van der Waals surface area (Å²) in [4.78, 5) is 10.5. The summed E-state index contributed by atoms with van der Waals surface area (Å²) in [6, 6.07) is 0.399. The predicted molar refractivity (Wildman–Crippen MR) is 97.0 cm³/mol. The molecular formula is C19H40N2O. The Morgan fingerprint density at radius 1 is 1.00 bits per heavy atom. The topological polar surface area (TPSA) is 55.1 Å². The minimum Gasteiger partial charge on any atom is -0.330 e. The van der Waals surface area contributed by atoms with Crippen molar-refractivity contribution in [2.45, 2.75) is 85.1 Å². The van der Waals surface area contributed by atoms with E-state index in [0.717, 1.165) is 37.5 Å². The van der Waals surface area contributed by atoms with Crippen LogP contribution in [0.2, 0.25) is 0 Å². The summed E-state index contributed by atoms with van der Waals surface area (Å²) in [5.41, 5.74) is 5.65. The monoisotopic (exact) mass is 312 g/mol. The van der Waals surface area contributed by atoms with Crippen LogP contribution in [0.1, 0.15) is 79.1 Å². The first kappa shape index (κ1) is 21.6. The van der Waals surface area contributed by atoms with Gasteiger partial charge in [0.2, 0.25) is 0 Å². The van der Waals surface area contributed by atoms with Crippen LogP contribution in [0.15, 0.2) is 0 Å². The van der Waals surface area contributed by atoms with Gasteiger partial charge in [-0.15, -0.1) is 0 Å². The van der Waals surface area contributed by atoms with Gasteiger partial charge in [0.25, 0.3) is 0 Å². The molecule has 4 atom stereocenters. The first-order chi connectivity index (χ1) is 10.5. The highest BCUT2D eigenvalue weighted by atomic mass is 16.1. The second kappa shape index (κ2) is 14.2. The molecule has 4 unspecified atom stereocenters. The Kier molecular flexibility index (Phi) is 13.9. The second-order valence-electron chi connectivity index (χ2n) is 7.36. The van der Waals surface area contributed by atoms with E-state index in [-0.39, 0.29) is 0 Å². The molecule has 0 aromatic carbocycles. The molecular weight excluding hydrogens is 272 g/mol. The molecule has 0 rings (SSSR count). The molecule has 3 nitrogen and oxygen atoms in total. The molecule has 0 spiro atoms. The number of hydrogen-bond acceptors (Lipinski definition) is 3. The van der Waals surface area contributed by atoms with Crippen molar-refractivity contribution in [1.29, 1.82) is 0 Å². The number of carbonyl (C=O) groups is 1. The number of unbranched alkanes of at least 4 members (excludes halogenated alkanes) is 1. The Labute approximate surface area is 138 Å². The standard InChI is InChI=1S/C19H40N2O/c1-5-6-8-16(2)13-17(3)14-18(4)15-21-19(10-11-20)9-7-12-22/h12,16-19,21H,5-11,13-15,20H2,1-4H3. The SMILES string of the molecule is CCCCC(C)CC(C)CC(C)CNC(CCN)CCC=O. The summed E-state index contributed by atoms with van der Waals surface area (Å²) in [6.07, 6.45) is 10.2. The quantitative estimate of drug-likeness (QED) is 0.447. The summed E-state index contributed by atoms with van der Waals surface area (Å²) in [5, 5.41) is 3.61. The van der Waals surface area contributed by atoms with Crippen molar-refractivity contribution < 1.29 is 4.79 Å². The highest BCUT2D eigenvalue weighted by Gasteiger charge is 2.14. The molecule has 0 saturated carbocycles. The van der Waals surface area contributed by atoms with Crippen LogP contribution in [0.3, 0.4) is 0 Å². The van der Waals surface area contributed by atoms with Gasteiger partial charge in [-0.1, -0.05) is 47.0 Å². The van der Waals surface area contributed by atoms with E-state index in [9.17, 15) is 4.79 Å². The van der Waals surface area contributed by atoms with Gasteiger partial charge >= 0.3 is 0 Å². The van der Waals surface area contributed by atoms with Gasteiger partial charge in [-0.3, -0.25) is 0 Å². The Morgan fingerprint density at radius 3 is 2.27 bits per heavy atom. The van der Waals surface area contributed by atoms with Gasteiger partial charge in [0, 0.05) is 12.5 Å². The Hall–Kier alpha value is -0.410. The van der Waals surface area contributed by atoms with E-state index in [1.165, 1.54) is 32.1 Å². The van der Waals surface area contributed by atoms with E-state index in [0.29, 0.717) is 24.9 Å². The van der Waals surface area contributed by atoms with Gasteiger partial charge in [0.15, 0.2) is 0 Å². The molecule has 0 aromatic heterocycles. The third-order valence-electron chi connectivity index (χ3n) is 4.56. The molecule has 3 N–H and O–H groups in total. The van der Waals surface area contributed by atoms with Gasteiger partial charge < -0.3 is 15.8 Å². The van der Waals surface area contributed by atoms with Gasteiger partial charge in [0.05, 0.1) is 0 Å². The summed E-state index contributed by atoms with van der Waals surface area (Å²) in [6.45, 7) is 11.1. The molecule has 0 aliphatic rings. The van der Waals surface area contributed by atoms with Crippen molar-refractivity contribution in [3.05, 3.63) is 0 Å². The molecule has 0 aliphatic carbocycles. The molecule has 3 heteroatoms. The smallest absolute Gasteiger partial charge is 0.120 e. The Balaban J connectivity index is 3.93. The average Bonchev–Trinajstić information content (AvgIpc) is 2.47. The number of hydrogen-bond donors (Lipinski definition) is 2. The lowest BCUT2D eigenvalue weighted by Crippen LogP contribution is -2.35. The van der Waals surface area contributed by atoms with Gasteiger partial charge in [-0.2, -0.15) is 0 Å². The van der Waals surface area contributed by atoms with E-state index in [2.05, 4.69) is 33.0 Å². The van der Waals surface area contributed by atoms with Crippen molar-refractivity contribution in [1.82, 2.24) is 5.32 Å². The molecule has 0 heterocycles. The Bertz CT molecular complexity index is 258. The molecule has 22 heavy (non-hydrogen) atoms. The van der Waals surface area contributed by atoms with Crippen LogP contribution in [-0.4, -0.2) is 25.4 Å². The molecule has 0 bridgehead atoms. The zero-order valence-corrected chi connectivity index (χ0v) is 15.4. The minimum absolute atomic E-state index is 0.399. The fourth-order valence-corrected chi connectivity index (χ4v) is 3.41. The lowest BCUT2D eigenvalue weighted by Gasteiger charge is -2.23. The molecule has 0 fully saturated rings. The van der Waals surface area contributed by atoms with Crippen LogP contribution < -0.4 is 11.1 Å². The molecule has 0 saturated heterocycles. The zero-order chi connectivity index (χ0) is 16.8. The molecule has 0 amide bonds. The maximum atomic E-state index is 10.5. The summed E-state index contributed by atoms with van der Waals surface area (Å²) < 4.78 is 0. The number of nitrogens with two attached hydrogens (primary N) is 1. The van der Waals surface area contributed by atoms with E-state index in [4.69, 9.17) is 5.73 Å². The average molecular weight is 313 g/mol. The summed E-state index contributed by atoms with van der Waals surface area (Å²) in [7, 11) is 0. The fraction of sp³-hybridized carbons (Fsp3) is 0.947. The summed E-state index contributed by atoms with van der Waals surface area (Å²) >= 11 is 0. The zero-order valence-electron chi connectivity index (χ0n) is 15.4. The highest BCUT2D eigenvalue weighted by Crippen LogP contribution is 2.22. The lowest BCUT2D eigenvalue weighted by molar-refractivity contribution is -0.108. The van der Waals surface area contributed by atoms with Crippen LogP contribution in [0, 0.1) is 17.8 Å². The maximum Gasteiger partial charge on any atom is 0.120 e. The van der Waals surface area contributed by atoms with Crippen molar-refractivity contribution in [2.24, 2.45) is 23.5 Å². The maximum absolute atomic E-state index is 10.5. The van der Waals surface area contributed by atoms with Crippen LogP contribution in [0.4, 0.5) is 0 Å². The van der Waals surface area contributed by atoms with E-state index in [1.54, 1.807) is 0 Å². The normalized spacial score (nSPS) is 17.0. The highest BCUT2D eigenvalue weighted by molar-refractivity contribution is 5.49. The minimum atomic E-state index is 0.399. The largest absolute Gasteiger partial charge is 0.330 e. The van der Waals surface area contributed by atoms with E-state index < -0.39 is 0 Å². The Morgan fingerprint density at radius 2 is 1.68 bits per heavy atom.